The number of carbonyl (C=O) groups excluding carboxylic acids is 1. The highest BCUT2D eigenvalue weighted by Crippen LogP contribution is 2.32. The Kier molecular flexibility index (Phi) is 5.36. The largest absolute Gasteiger partial charge is 0.339 e. The lowest BCUT2D eigenvalue weighted by molar-refractivity contribution is 0.0754. The molecule has 0 unspecified atom stereocenters. The molecule has 0 spiro atoms. The van der Waals surface area contributed by atoms with Crippen LogP contribution in [-0.2, 0) is 6.42 Å². The first-order valence-corrected chi connectivity index (χ1v) is 10.5. The summed E-state index contributed by atoms with van der Waals surface area (Å²) in [6, 6.07) is 4.47. The number of fused-ring (bicyclic) bond motifs is 1. The van der Waals surface area contributed by atoms with Crippen LogP contribution in [0.4, 0.5) is 4.39 Å². The highest BCUT2D eigenvalue weighted by Gasteiger charge is 2.26. The van der Waals surface area contributed by atoms with E-state index in [1.54, 1.807) is 18.0 Å². The molecule has 3 heterocycles. The van der Waals surface area contributed by atoms with Crippen molar-refractivity contribution in [1.82, 2.24) is 19.4 Å². The summed E-state index contributed by atoms with van der Waals surface area (Å²) in [6.45, 7) is 8.15. The van der Waals surface area contributed by atoms with E-state index < -0.39 is 5.82 Å². The topological polar surface area (TPSA) is 41.4 Å². The molecule has 1 amide bonds. The van der Waals surface area contributed by atoms with Gasteiger partial charge in [0.25, 0.3) is 5.91 Å². The summed E-state index contributed by atoms with van der Waals surface area (Å²) in [7, 11) is 3.89. The van der Waals surface area contributed by atoms with Gasteiger partial charge in [0, 0.05) is 44.0 Å². The molecule has 0 bridgehead atoms. The summed E-state index contributed by atoms with van der Waals surface area (Å²) in [4.78, 5) is 21.5. The number of hydrogen-bond donors (Lipinski definition) is 0. The van der Waals surface area contributed by atoms with Crippen LogP contribution in [0.5, 0.6) is 0 Å². The van der Waals surface area contributed by atoms with E-state index in [-0.39, 0.29) is 11.9 Å². The molecule has 6 heteroatoms. The summed E-state index contributed by atoms with van der Waals surface area (Å²) in [5, 5.41) is 1.18. The van der Waals surface area contributed by atoms with Crippen molar-refractivity contribution in [3.05, 3.63) is 59.3 Å². The average molecular weight is 409 g/mol. The Morgan fingerprint density at radius 2 is 2.03 bits per heavy atom. The van der Waals surface area contributed by atoms with Gasteiger partial charge >= 0.3 is 0 Å². The van der Waals surface area contributed by atoms with Gasteiger partial charge < -0.3 is 14.4 Å². The average Bonchev–Trinajstić information content (AvgIpc) is 3.05. The number of rotatable bonds is 5. The van der Waals surface area contributed by atoms with Crippen molar-refractivity contribution < 1.29 is 9.18 Å². The Hall–Kier alpha value is -2.73. The number of hydrogen-bond acceptors (Lipinski definition) is 3. The number of halogens is 1. The third-order valence-electron chi connectivity index (χ3n) is 6.17. The van der Waals surface area contributed by atoms with Crippen LogP contribution < -0.4 is 0 Å². The van der Waals surface area contributed by atoms with Crippen molar-refractivity contribution in [2.24, 2.45) is 5.92 Å². The fourth-order valence-electron chi connectivity index (χ4n) is 4.38. The molecule has 0 N–H and O–H groups in total. The number of nitrogens with zero attached hydrogens (tertiary/aromatic N) is 4. The van der Waals surface area contributed by atoms with Crippen molar-refractivity contribution in [3.63, 3.8) is 0 Å². The molecule has 0 radical (unpaired) electrons. The van der Waals surface area contributed by atoms with Gasteiger partial charge in [0.15, 0.2) is 0 Å². The summed E-state index contributed by atoms with van der Waals surface area (Å²) < 4.78 is 16.1. The molecule has 4 rings (SSSR count). The predicted molar refractivity (Wildman–Crippen MR) is 118 cm³/mol. The fourth-order valence-corrected chi connectivity index (χ4v) is 4.38. The SMILES string of the molecule is Cc1cncc2c1c(CC1CN(C)C1)cn2-c1ccc(F)cc1C(=O)N(C)C(C)C. The molecule has 5 nitrogen and oxygen atoms in total. The van der Waals surface area contributed by atoms with Gasteiger partial charge in [-0.05, 0) is 69.5 Å². The van der Waals surface area contributed by atoms with Gasteiger partial charge in [0.05, 0.1) is 23.0 Å². The molecule has 1 aliphatic heterocycles. The quantitative estimate of drug-likeness (QED) is 0.639. The molecule has 2 aromatic heterocycles. The molecule has 0 aliphatic carbocycles. The molecule has 1 aliphatic rings. The minimum absolute atomic E-state index is 0.0186. The molecule has 30 heavy (non-hydrogen) atoms. The van der Waals surface area contributed by atoms with E-state index in [1.165, 1.54) is 23.1 Å². The second-order valence-electron chi connectivity index (χ2n) is 8.84. The molecule has 158 valence electrons. The van der Waals surface area contributed by atoms with E-state index in [9.17, 15) is 9.18 Å². The minimum atomic E-state index is -0.414. The Labute approximate surface area is 177 Å². The summed E-state index contributed by atoms with van der Waals surface area (Å²) >= 11 is 0. The van der Waals surface area contributed by atoms with Gasteiger partial charge in [-0.25, -0.2) is 4.39 Å². The van der Waals surface area contributed by atoms with E-state index in [4.69, 9.17) is 0 Å². The van der Waals surface area contributed by atoms with Crippen LogP contribution in [0.1, 0.15) is 35.3 Å². The molecule has 0 saturated carbocycles. The van der Waals surface area contributed by atoms with Crippen LogP contribution >= 0.6 is 0 Å². The first-order valence-electron chi connectivity index (χ1n) is 10.5. The number of likely N-dealkylation sites (tertiary alicyclic amines) is 1. The maximum Gasteiger partial charge on any atom is 0.256 e. The summed E-state index contributed by atoms with van der Waals surface area (Å²) in [5.41, 5.74) is 4.36. The van der Waals surface area contributed by atoms with Crippen LogP contribution in [0.25, 0.3) is 16.6 Å². The lowest BCUT2D eigenvalue weighted by Gasteiger charge is -2.36. The third-order valence-corrected chi connectivity index (χ3v) is 6.17. The number of pyridine rings is 1. The Balaban J connectivity index is 1.86. The normalized spacial score (nSPS) is 15.0. The maximum atomic E-state index is 14.1. The molecule has 3 aromatic rings. The first kappa shape index (κ1) is 20.5. The fraction of sp³-hybridized carbons (Fsp3) is 0.417. The Bertz CT molecular complexity index is 1100. The molecular formula is C24H29FN4O. The maximum absolute atomic E-state index is 14.1. The van der Waals surface area contributed by atoms with Crippen LogP contribution in [-0.4, -0.2) is 58.5 Å². The van der Waals surface area contributed by atoms with E-state index >= 15 is 0 Å². The van der Waals surface area contributed by atoms with E-state index in [2.05, 4.69) is 30.1 Å². The van der Waals surface area contributed by atoms with Crippen LogP contribution in [0.15, 0.2) is 36.8 Å². The highest BCUT2D eigenvalue weighted by atomic mass is 19.1. The second kappa shape index (κ2) is 7.84. The highest BCUT2D eigenvalue weighted by molar-refractivity contribution is 5.99. The number of carbonyl (C=O) groups is 1. The van der Waals surface area contributed by atoms with Crippen LogP contribution in [0.3, 0.4) is 0 Å². The molecule has 0 atom stereocenters. The van der Waals surface area contributed by atoms with E-state index in [0.29, 0.717) is 17.2 Å². The van der Waals surface area contributed by atoms with Gasteiger partial charge in [0.2, 0.25) is 0 Å². The van der Waals surface area contributed by atoms with Crippen molar-refractivity contribution in [1.29, 1.82) is 0 Å². The molecule has 1 aromatic carbocycles. The van der Waals surface area contributed by atoms with E-state index in [0.717, 1.165) is 30.6 Å². The molecule has 1 saturated heterocycles. The van der Waals surface area contributed by atoms with Gasteiger partial charge in [-0.1, -0.05) is 0 Å². The number of aryl methyl sites for hydroxylation is 1. The number of benzene rings is 1. The monoisotopic (exact) mass is 408 g/mol. The zero-order valence-electron chi connectivity index (χ0n) is 18.3. The second-order valence-corrected chi connectivity index (χ2v) is 8.84. The van der Waals surface area contributed by atoms with Gasteiger partial charge in [-0.15, -0.1) is 0 Å². The van der Waals surface area contributed by atoms with Crippen molar-refractivity contribution in [2.75, 3.05) is 27.2 Å². The van der Waals surface area contributed by atoms with E-state index in [1.807, 2.05) is 30.8 Å². The van der Waals surface area contributed by atoms with Gasteiger partial charge in [0.1, 0.15) is 5.82 Å². The Morgan fingerprint density at radius 3 is 2.70 bits per heavy atom. The lowest BCUT2D eigenvalue weighted by atomic mass is 9.92. The summed E-state index contributed by atoms with van der Waals surface area (Å²) in [6.07, 6.45) is 6.81. The van der Waals surface area contributed by atoms with Crippen molar-refractivity contribution in [2.45, 2.75) is 33.2 Å². The third kappa shape index (κ3) is 3.60. The minimum Gasteiger partial charge on any atom is -0.339 e. The van der Waals surface area contributed by atoms with Crippen molar-refractivity contribution in [3.8, 4) is 5.69 Å². The standard InChI is InChI=1S/C24H29FN4O/c1-15(2)28(5)24(30)20-9-19(25)6-7-21(20)29-14-18(8-17-12-27(4)13-17)23-16(3)10-26-11-22(23)29/h6-7,9-11,14-15,17H,8,12-13H2,1-5H3. The smallest absolute Gasteiger partial charge is 0.256 e. The number of amides is 1. The zero-order valence-corrected chi connectivity index (χ0v) is 18.3. The lowest BCUT2D eigenvalue weighted by Crippen LogP contribution is -2.44. The Morgan fingerprint density at radius 1 is 1.30 bits per heavy atom. The van der Waals surface area contributed by atoms with Crippen molar-refractivity contribution >= 4 is 16.8 Å². The molecule has 1 fully saturated rings. The van der Waals surface area contributed by atoms with Crippen LogP contribution in [0, 0.1) is 18.7 Å². The zero-order chi connectivity index (χ0) is 21.6. The predicted octanol–water partition coefficient (Wildman–Crippen LogP) is 4.06. The first-order chi connectivity index (χ1) is 14.3. The van der Waals surface area contributed by atoms with Gasteiger partial charge in [-0.3, -0.25) is 9.78 Å². The molecular weight excluding hydrogens is 379 g/mol. The number of aromatic nitrogens is 2. The van der Waals surface area contributed by atoms with Crippen LogP contribution in [0.2, 0.25) is 0 Å². The summed E-state index contributed by atoms with van der Waals surface area (Å²) in [5.74, 6) is 0.0230. The van der Waals surface area contributed by atoms with Gasteiger partial charge in [-0.2, -0.15) is 0 Å².